The first-order valence-corrected chi connectivity index (χ1v) is 5.14. The summed E-state index contributed by atoms with van der Waals surface area (Å²) < 4.78 is 0. The fraction of sp³-hybridized carbons (Fsp3) is 0.636. The molecule has 0 saturated heterocycles. The monoisotopic (exact) mass is 179 g/mol. The van der Waals surface area contributed by atoms with E-state index in [2.05, 4.69) is 17.2 Å². The summed E-state index contributed by atoms with van der Waals surface area (Å²) in [6, 6.07) is 2.14. The predicted octanol–water partition coefficient (Wildman–Crippen LogP) is 2.11. The Bertz CT molecular complexity index is 235. The first kappa shape index (κ1) is 8.82. The van der Waals surface area contributed by atoms with Crippen LogP contribution in [0.25, 0.3) is 0 Å². The first-order chi connectivity index (χ1) is 6.34. The van der Waals surface area contributed by atoms with Crippen LogP contribution in [-0.4, -0.2) is 16.2 Å². The zero-order valence-electron chi connectivity index (χ0n) is 7.87. The summed E-state index contributed by atoms with van der Waals surface area (Å²) in [6.45, 7) is 0. The molecule has 13 heavy (non-hydrogen) atoms. The lowest BCUT2D eigenvalue weighted by Gasteiger charge is -2.24. The smallest absolute Gasteiger partial charge is 0.0540 e. The quantitative estimate of drug-likeness (QED) is 0.716. The number of aliphatic hydroxyl groups excluding tert-OH is 1. The van der Waals surface area contributed by atoms with E-state index in [1.807, 2.05) is 6.20 Å². The zero-order valence-corrected chi connectivity index (χ0v) is 7.87. The molecule has 2 nitrogen and oxygen atoms in total. The highest BCUT2D eigenvalue weighted by Crippen LogP contribution is 2.26. The van der Waals surface area contributed by atoms with Gasteiger partial charge in [0, 0.05) is 12.4 Å². The van der Waals surface area contributed by atoms with Crippen molar-refractivity contribution in [3.8, 4) is 0 Å². The van der Waals surface area contributed by atoms with E-state index in [-0.39, 0.29) is 6.10 Å². The maximum absolute atomic E-state index is 9.35. The van der Waals surface area contributed by atoms with Crippen molar-refractivity contribution in [3.63, 3.8) is 0 Å². The van der Waals surface area contributed by atoms with Gasteiger partial charge in [-0.1, -0.05) is 0 Å². The van der Waals surface area contributed by atoms with Gasteiger partial charge in [0.25, 0.3) is 0 Å². The van der Waals surface area contributed by atoms with Gasteiger partial charge in [0.1, 0.15) is 0 Å². The molecule has 0 aromatic carbocycles. The molecule has 2 heteroatoms. The second-order valence-electron chi connectivity index (χ2n) is 4.10. The number of aromatic amines is 1. The van der Waals surface area contributed by atoms with E-state index in [9.17, 15) is 5.11 Å². The SMILES string of the molecule is OC1CCC(Cc2cc[nH]c2)CC1. The van der Waals surface area contributed by atoms with Crippen molar-refractivity contribution >= 4 is 0 Å². The molecule has 0 unspecified atom stereocenters. The highest BCUT2D eigenvalue weighted by atomic mass is 16.3. The van der Waals surface area contributed by atoms with Crippen LogP contribution in [-0.2, 0) is 6.42 Å². The molecule has 0 radical (unpaired) electrons. The maximum Gasteiger partial charge on any atom is 0.0540 e. The Balaban J connectivity index is 1.83. The van der Waals surface area contributed by atoms with Crippen molar-refractivity contribution in [2.24, 2.45) is 5.92 Å². The molecule has 0 spiro atoms. The molecule has 1 aromatic heterocycles. The number of hydrogen-bond donors (Lipinski definition) is 2. The lowest BCUT2D eigenvalue weighted by molar-refractivity contribution is 0.109. The lowest BCUT2D eigenvalue weighted by Crippen LogP contribution is -2.19. The van der Waals surface area contributed by atoms with Crippen LogP contribution in [0.5, 0.6) is 0 Å². The lowest BCUT2D eigenvalue weighted by atomic mass is 9.84. The third kappa shape index (κ3) is 2.34. The largest absolute Gasteiger partial charge is 0.393 e. The molecule has 2 N–H and O–H groups in total. The number of rotatable bonds is 2. The molecule has 1 fully saturated rings. The zero-order chi connectivity index (χ0) is 9.10. The molecule has 0 amide bonds. The van der Waals surface area contributed by atoms with E-state index in [1.165, 1.54) is 24.8 Å². The second-order valence-corrected chi connectivity index (χ2v) is 4.10. The van der Waals surface area contributed by atoms with Crippen LogP contribution in [0.4, 0.5) is 0 Å². The summed E-state index contributed by atoms with van der Waals surface area (Å²) in [7, 11) is 0. The van der Waals surface area contributed by atoms with Gasteiger partial charge in [-0.3, -0.25) is 0 Å². The Labute approximate surface area is 79.0 Å². The summed E-state index contributed by atoms with van der Waals surface area (Å²) in [6.07, 6.45) is 9.57. The van der Waals surface area contributed by atoms with Gasteiger partial charge in [0.05, 0.1) is 6.10 Å². The van der Waals surface area contributed by atoms with Crippen LogP contribution < -0.4 is 0 Å². The average molecular weight is 179 g/mol. The molecule has 2 rings (SSSR count). The van der Waals surface area contributed by atoms with Crippen molar-refractivity contribution < 1.29 is 5.11 Å². The fourth-order valence-corrected chi connectivity index (χ4v) is 2.17. The molecule has 1 saturated carbocycles. The van der Waals surface area contributed by atoms with Gasteiger partial charge in [-0.15, -0.1) is 0 Å². The van der Waals surface area contributed by atoms with Crippen LogP contribution in [0, 0.1) is 5.92 Å². The summed E-state index contributed by atoms with van der Waals surface area (Å²) in [5.41, 5.74) is 1.40. The van der Waals surface area contributed by atoms with Gasteiger partial charge in [-0.25, -0.2) is 0 Å². The summed E-state index contributed by atoms with van der Waals surface area (Å²) in [5.74, 6) is 0.791. The molecule has 1 heterocycles. The van der Waals surface area contributed by atoms with Crippen molar-refractivity contribution in [2.45, 2.75) is 38.2 Å². The van der Waals surface area contributed by atoms with Crippen molar-refractivity contribution in [3.05, 3.63) is 24.0 Å². The number of H-pyrrole nitrogens is 1. The third-order valence-electron chi connectivity index (χ3n) is 3.00. The third-order valence-corrected chi connectivity index (χ3v) is 3.00. The van der Waals surface area contributed by atoms with Crippen LogP contribution in [0.15, 0.2) is 18.5 Å². The molecule has 72 valence electrons. The number of aromatic nitrogens is 1. The van der Waals surface area contributed by atoms with Crippen LogP contribution in [0.2, 0.25) is 0 Å². The molecule has 0 atom stereocenters. The molecule has 0 bridgehead atoms. The average Bonchev–Trinajstić information content (AvgIpc) is 2.62. The van der Waals surface area contributed by atoms with Crippen LogP contribution in [0.1, 0.15) is 31.2 Å². The minimum Gasteiger partial charge on any atom is -0.393 e. The van der Waals surface area contributed by atoms with Gasteiger partial charge in [0.2, 0.25) is 0 Å². The highest BCUT2D eigenvalue weighted by molar-refractivity contribution is 5.09. The van der Waals surface area contributed by atoms with Gasteiger partial charge >= 0.3 is 0 Å². The van der Waals surface area contributed by atoms with E-state index >= 15 is 0 Å². The molecular formula is C11H17NO. The van der Waals surface area contributed by atoms with Crippen molar-refractivity contribution in [1.82, 2.24) is 4.98 Å². The number of nitrogens with one attached hydrogen (secondary N) is 1. The number of aliphatic hydroxyl groups is 1. The Morgan fingerprint density at radius 2 is 2.08 bits per heavy atom. The molecule has 1 aliphatic rings. The minimum atomic E-state index is -0.0255. The highest BCUT2D eigenvalue weighted by Gasteiger charge is 2.19. The van der Waals surface area contributed by atoms with E-state index < -0.39 is 0 Å². The van der Waals surface area contributed by atoms with E-state index in [4.69, 9.17) is 0 Å². The predicted molar refractivity (Wildman–Crippen MR) is 52.5 cm³/mol. The van der Waals surface area contributed by atoms with Crippen LogP contribution >= 0.6 is 0 Å². The van der Waals surface area contributed by atoms with Gasteiger partial charge in [-0.05, 0) is 49.7 Å². The summed E-state index contributed by atoms with van der Waals surface area (Å²) >= 11 is 0. The first-order valence-electron chi connectivity index (χ1n) is 5.14. The molecule has 0 aliphatic heterocycles. The number of hydrogen-bond acceptors (Lipinski definition) is 1. The second kappa shape index (κ2) is 3.97. The fourth-order valence-electron chi connectivity index (χ4n) is 2.17. The van der Waals surface area contributed by atoms with Crippen molar-refractivity contribution in [1.29, 1.82) is 0 Å². The van der Waals surface area contributed by atoms with E-state index in [0.29, 0.717) is 0 Å². The van der Waals surface area contributed by atoms with Gasteiger partial charge < -0.3 is 10.1 Å². The Kier molecular flexibility index (Phi) is 2.69. The Hall–Kier alpha value is -0.760. The van der Waals surface area contributed by atoms with E-state index in [1.54, 1.807) is 0 Å². The van der Waals surface area contributed by atoms with Gasteiger partial charge in [-0.2, -0.15) is 0 Å². The Morgan fingerprint density at radius 1 is 1.31 bits per heavy atom. The minimum absolute atomic E-state index is 0.0255. The maximum atomic E-state index is 9.35. The topological polar surface area (TPSA) is 36.0 Å². The molecular weight excluding hydrogens is 162 g/mol. The molecule has 1 aromatic rings. The Morgan fingerprint density at radius 3 is 2.69 bits per heavy atom. The molecule has 1 aliphatic carbocycles. The summed E-state index contributed by atoms with van der Waals surface area (Å²) in [5, 5.41) is 9.35. The normalized spacial score (nSPS) is 29.0. The van der Waals surface area contributed by atoms with Crippen molar-refractivity contribution in [2.75, 3.05) is 0 Å². The van der Waals surface area contributed by atoms with Gasteiger partial charge in [0.15, 0.2) is 0 Å². The standard InChI is InChI=1S/C11H17NO/c13-11-3-1-9(2-4-11)7-10-5-6-12-8-10/h5-6,8-9,11-13H,1-4,7H2. The van der Waals surface area contributed by atoms with E-state index in [0.717, 1.165) is 18.8 Å². The summed E-state index contributed by atoms with van der Waals surface area (Å²) in [4.78, 5) is 3.08. The van der Waals surface area contributed by atoms with Crippen LogP contribution in [0.3, 0.4) is 0 Å².